The third kappa shape index (κ3) is 3.38. The summed E-state index contributed by atoms with van der Waals surface area (Å²) in [5.41, 5.74) is 2.48. The van der Waals surface area contributed by atoms with Crippen LogP contribution in [0.3, 0.4) is 0 Å². The second-order valence-corrected chi connectivity index (χ2v) is 4.90. The van der Waals surface area contributed by atoms with Gasteiger partial charge in [-0.05, 0) is 37.6 Å². The molecule has 82 valence electrons. The molecule has 0 atom stereocenters. The third-order valence-corrected chi connectivity index (χ3v) is 3.39. The van der Waals surface area contributed by atoms with Gasteiger partial charge in [0.15, 0.2) is 0 Å². The molecule has 1 nitrogen and oxygen atoms in total. The van der Waals surface area contributed by atoms with Crippen LogP contribution in [0.2, 0.25) is 0 Å². The first-order chi connectivity index (χ1) is 7.84. The van der Waals surface area contributed by atoms with Crippen LogP contribution in [0.5, 0.6) is 0 Å². The zero-order valence-electron chi connectivity index (χ0n) is 9.39. The molecule has 0 spiro atoms. The van der Waals surface area contributed by atoms with Crippen LogP contribution < -0.4 is 0 Å². The average Bonchev–Trinajstić information content (AvgIpc) is 2.33. The van der Waals surface area contributed by atoms with Crippen LogP contribution >= 0.6 is 11.8 Å². The molecule has 0 aliphatic rings. The summed E-state index contributed by atoms with van der Waals surface area (Å²) in [7, 11) is 0. The van der Waals surface area contributed by atoms with E-state index in [9.17, 15) is 0 Å². The maximum atomic E-state index is 4.31. The van der Waals surface area contributed by atoms with Crippen molar-refractivity contribution >= 4 is 11.8 Å². The molecule has 0 aliphatic carbocycles. The summed E-state index contributed by atoms with van der Waals surface area (Å²) in [6, 6.07) is 14.7. The maximum Gasteiger partial charge on any atom is 0.0411 e. The van der Waals surface area contributed by atoms with E-state index in [1.54, 1.807) is 0 Å². The van der Waals surface area contributed by atoms with Crippen LogP contribution in [0, 0.1) is 6.92 Å². The SMILES string of the molecule is Cc1ccc(SCCc2ccccn2)cc1. The number of hydrogen-bond donors (Lipinski definition) is 0. The lowest BCUT2D eigenvalue weighted by atomic mass is 10.2. The van der Waals surface area contributed by atoms with Crippen LogP contribution in [0.25, 0.3) is 0 Å². The normalized spacial score (nSPS) is 10.3. The minimum atomic E-state index is 1.03. The highest BCUT2D eigenvalue weighted by Crippen LogP contribution is 2.19. The van der Waals surface area contributed by atoms with Gasteiger partial charge in [0, 0.05) is 22.5 Å². The third-order valence-electron chi connectivity index (χ3n) is 2.37. The van der Waals surface area contributed by atoms with Gasteiger partial charge in [-0.2, -0.15) is 0 Å². The summed E-state index contributed by atoms with van der Waals surface area (Å²) >= 11 is 1.88. The molecule has 0 amide bonds. The second-order valence-electron chi connectivity index (χ2n) is 3.73. The lowest BCUT2D eigenvalue weighted by Crippen LogP contribution is -1.91. The summed E-state index contributed by atoms with van der Waals surface area (Å²) in [5, 5.41) is 0. The summed E-state index contributed by atoms with van der Waals surface area (Å²) in [6.45, 7) is 2.11. The van der Waals surface area contributed by atoms with E-state index in [0.29, 0.717) is 0 Å². The minimum absolute atomic E-state index is 1.03. The molecule has 16 heavy (non-hydrogen) atoms. The quantitative estimate of drug-likeness (QED) is 0.741. The van der Waals surface area contributed by atoms with Crippen molar-refractivity contribution < 1.29 is 0 Å². The fourth-order valence-corrected chi connectivity index (χ4v) is 2.33. The summed E-state index contributed by atoms with van der Waals surface area (Å²) in [5.74, 6) is 1.08. The van der Waals surface area contributed by atoms with Crippen molar-refractivity contribution in [2.24, 2.45) is 0 Å². The van der Waals surface area contributed by atoms with Gasteiger partial charge < -0.3 is 0 Å². The van der Waals surface area contributed by atoms with Gasteiger partial charge in [-0.1, -0.05) is 23.8 Å². The molecule has 2 heteroatoms. The molecule has 0 saturated carbocycles. The fourth-order valence-electron chi connectivity index (χ4n) is 1.45. The van der Waals surface area contributed by atoms with Gasteiger partial charge in [0.25, 0.3) is 0 Å². The van der Waals surface area contributed by atoms with Gasteiger partial charge in [0.2, 0.25) is 0 Å². The Kier molecular flexibility index (Phi) is 4.00. The highest BCUT2D eigenvalue weighted by Gasteiger charge is 1.96. The van der Waals surface area contributed by atoms with Crippen molar-refractivity contribution in [1.82, 2.24) is 4.98 Å². The Hall–Kier alpha value is -1.28. The van der Waals surface area contributed by atoms with Crippen LogP contribution in [0.1, 0.15) is 11.3 Å². The second kappa shape index (κ2) is 5.71. The standard InChI is InChI=1S/C14H15NS/c1-12-5-7-14(8-6-12)16-11-9-13-4-2-3-10-15-13/h2-8,10H,9,11H2,1H3. The van der Waals surface area contributed by atoms with Crippen LogP contribution in [-0.2, 0) is 6.42 Å². The fraction of sp³-hybridized carbons (Fsp3) is 0.214. The lowest BCUT2D eigenvalue weighted by molar-refractivity contribution is 1.05. The molecular formula is C14H15NS. The van der Waals surface area contributed by atoms with Crippen molar-refractivity contribution in [3.8, 4) is 0 Å². The molecule has 1 aromatic heterocycles. The summed E-state index contributed by atoms with van der Waals surface area (Å²) in [6.07, 6.45) is 2.88. The van der Waals surface area contributed by atoms with E-state index in [2.05, 4.69) is 42.2 Å². The van der Waals surface area contributed by atoms with Crippen molar-refractivity contribution in [3.05, 3.63) is 59.9 Å². The first kappa shape index (κ1) is 11.2. The van der Waals surface area contributed by atoms with E-state index in [1.165, 1.54) is 16.2 Å². The Morgan fingerprint density at radius 2 is 1.88 bits per heavy atom. The highest BCUT2D eigenvalue weighted by molar-refractivity contribution is 7.99. The lowest BCUT2D eigenvalue weighted by Gasteiger charge is -2.02. The van der Waals surface area contributed by atoms with Crippen LogP contribution in [0.15, 0.2) is 53.6 Å². The molecule has 0 radical (unpaired) electrons. The molecule has 1 heterocycles. The van der Waals surface area contributed by atoms with E-state index >= 15 is 0 Å². The number of benzene rings is 1. The Balaban J connectivity index is 1.82. The van der Waals surface area contributed by atoms with E-state index in [-0.39, 0.29) is 0 Å². The molecule has 1 aromatic carbocycles. The zero-order chi connectivity index (χ0) is 11.2. The number of thioether (sulfide) groups is 1. The monoisotopic (exact) mass is 229 g/mol. The molecule has 0 N–H and O–H groups in total. The largest absolute Gasteiger partial charge is 0.261 e. The topological polar surface area (TPSA) is 12.9 Å². The minimum Gasteiger partial charge on any atom is -0.261 e. The molecular weight excluding hydrogens is 214 g/mol. The molecule has 2 aromatic rings. The van der Waals surface area contributed by atoms with Gasteiger partial charge in [-0.3, -0.25) is 4.98 Å². The molecule has 0 aliphatic heterocycles. The van der Waals surface area contributed by atoms with Crippen LogP contribution in [0.4, 0.5) is 0 Å². The van der Waals surface area contributed by atoms with Gasteiger partial charge in [-0.15, -0.1) is 11.8 Å². The van der Waals surface area contributed by atoms with Gasteiger partial charge in [0.05, 0.1) is 0 Å². The first-order valence-corrected chi connectivity index (χ1v) is 6.42. The van der Waals surface area contributed by atoms with Crippen molar-refractivity contribution in [2.45, 2.75) is 18.2 Å². The van der Waals surface area contributed by atoms with Crippen LogP contribution in [-0.4, -0.2) is 10.7 Å². The Labute approximate surface area is 101 Å². The highest BCUT2D eigenvalue weighted by atomic mass is 32.2. The number of nitrogens with zero attached hydrogens (tertiary/aromatic N) is 1. The Morgan fingerprint density at radius 3 is 2.56 bits per heavy atom. The average molecular weight is 229 g/mol. The van der Waals surface area contributed by atoms with Gasteiger partial charge >= 0.3 is 0 Å². The predicted molar refractivity (Wildman–Crippen MR) is 69.8 cm³/mol. The number of aromatic nitrogens is 1. The summed E-state index contributed by atoms with van der Waals surface area (Å²) in [4.78, 5) is 5.65. The van der Waals surface area contributed by atoms with E-state index in [1.807, 2.05) is 30.1 Å². The molecule has 0 unspecified atom stereocenters. The number of hydrogen-bond acceptors (Lipinski definition) is 2. The zero-order valence-corrected chi connectivity index (χ0v) is 10.2. The van der Waals surface area contributed by atoms with Gasteiger partial charge in [-0.25, -0.2) is 0 Å². The van der Waals surface area contributed by atoms with Crippen molar-refractivity contribution in [3.63, 3.8) is 0 Å². The number of pyridine rings is 1. The maximum absolute atomic E-state index is 4.31. The molecule has 0 fully saturated rings. The molecule has 0 saturated heterocycles. The Morgan fingerprint density at radius 1 is 1.06 bits per heavy atom. The molecule has 2 rings (SSSR count). The number of rotatable bonds is 4. The van der Waals surface area contributed by atoms with E-state index in [0.717, 1.165) is 12.2 Å². The first-order valence-electron chi connectivity index (χ1n) is 5.44. The summed E-state index contributed by atoms with van der Waals surface area (Å²) < 4.78 is 0. The van der Waals surface area contributed by atoms with Crippen molar-refractivity contribution in [2.75, 3.05) is 5.75 Å². The smallest absolute Gasteiger partial charge is 0.0411 e. The predicted octanol–water partition coefficient (Wildman–Crippen LogP) is 3.72. The number of aryl methyl sites for hydroxylation is 2. The van der Waals surface area contributed by atoms with E-state index in [4.69, 9.17) is 0 Å². The Bertz CT molecular complexity index is 422. The van der Waals surface area contributed by atoms with Gasteiger partial charge in [0.1, 0.15) is 0 Å². The van der Waals surface area contributed by atoms with E-state index < -0.39 is 0 Å². The van der Waals surface area contributed by atoms with Crippen molar-refractivity contribution in [1.29, 1.82) is 0 Å². The molecule has 0 bridgehead atoms.